The molecule has 2 aromatic carbocycles. The highest BCUT2D eigenvalue weighted by Gasteiger charge is 2.28. The Labute approximate surface area is 242 Å². The van der Waals surface area contributed by atoms with Crippen molar-refractivity contribution in [2.75, 3.05) is 25.1 Å². The quantitative estimate of drug-likeness (QED) is 0.102. The van der Waals surface area contributed by atoms with Gasteiger partial charge in [0.15, 0.2) is 6.54 Å². The van der Waals surface area contributed by atoms with E-state index in [-0.39, 0.29) is 6.61 Å². The Morgan fingerprint density at radius 1 is 1.26 bits per heavy atom. The minimum atomic E-state index is -2.50. The molecular formula is C24H28Cl2N4O5S3. The Morgan fingerprint density at radius 2 is 1.95 bits per heavy atom. The Bertz CT molecular complexity index is 1340. The first kappa shape index (κ1) is 30.6. The lowest BCUT2D eigenvalue weighted by atomic mass is 10.2. The Hall–Kier alpha value is -1.90. The zero-order chi connectivity index (χ0) is 27.8. The number of hydroxylamine groups is 2. The van der Waals surface area contributed by atoms with Gasteiger partial charge in [-0.25, -0.2) is 14.1 Å². The van der Waals surface area contributed by atoms with Crippen molar-refractivity contribution in [3.63, 3.8) is 0 Å². The smallest absolute Gasteiger partial charge is 0.338 e. The molecule has 0 fully saturated rings. The number of amides is 2. The summed E-state index contributed by atoms with van der Waals surface area (Å²) in [6.07, 6.45) is 4.96. The van der Waals surface area contributed by atoms with Crippen LogP contribution in [-0.4, -0.2) is 45.3 Å². The van der Waals surface area contributed by atoms with Crippen molar-refractivity contribution >= 4 is 85.7 Å². The number of thiazole rings is 1. The third-order valence-electron chi connectivity index (χ3n) is 5.39. The van der Waals surface area contributed by atoms with Gasteiger partial charge >= 0.3 is 6.03 Å². The van der Waals surface area contributed by atoms with Crippen LogP contribution in [0.4, 0.5) is 10.5 Å². The van der Waals surface area contributed by atoms with E-state index in [0.717, 1.165) is 57.4 Å². The molecule has 0 bridgehead atoms. The van der Waals surface area contributed by atoms with Crippen LogP contribution in [-0.2, 0) is 22.1 Å². The van der Waals surface area contributed by atoms with Crippen LogP contribution in [0.2, 0.25) is 10.0 Å². The molecule has 2 heterocycles. The van der Waals surface area contributed by atoms with E-state index in [9.17, 15) is 13.6 Å². The molecule has 0 radical (unpaired) electrons. The van der Waals surface area contributed by atoms with Crippen molar-refractivity contribution in [2.24, 2.45) is 5.73 Å². The van der Waals surface area contributed by atoms with Crippen LogP contribution in [0.15, 0.2) is 46.3 Å². The van der Waals surface area contributed by atoms with Crippen LogP contribution in [0, 0.1) is 0 Å². The summed E-state index contributed by atoms with van der Waals surface area (Å²) in [7, 11) is 1.16. The highest BCUT2D eigenvalue weighted by molar-refractivity contribution is 8.03. The number of hydrogen-bond donors (Lipinski definition) is 2. The second-order valence-electron chi connectivity index (χ2n) is 8.15. The fourth-order valence-electron chi connectivity index (χ4n) is 3.60. The van der Waals surface area contributed by atoms with Crippen molar-refractivity contribution in [1.29, 1.82) is 0 Å². The minimum absolute atomic E-state index is 0.137. The van der Waals surface area contributed by atoms with Gasteiger partial charge in [-0.1, -0.05) is 59.6 Å². The van der Waals surface area contributed by atoms with Crippen LogP contribution < -0.4 is 15.2 Å². The number of carbonyl (C=O) groups is 1. The zero-order valence-electron chi connectivity index (χ0n) is 20.8. The Kier molecular flexibility index (Phi) is 11.7. The van der Waals surface area contributed by atoms with Crippen molar-refractivity contribution in [1.82, 2.24) is 5.06 Å². The van der Waals surface area contributed by atoms with Gasteiger partial charge in [0.25, 0.3) is 5.01 Å². The summed E-state index contributed by atoms with van der Waals surface area (Å²) in [5.74, 6) is 0. The monoisotopic (exact) mass is 618 g/mol. The van der Waals surface area contributed by atoms with E-state index in [4.69, 9.17) is 32.6 Å². The molecular weight excluding hydrogens is 591 g/mol. The number of benzene rings is 2. The van der Waals surface area contributed by atoms with Crippen molar-refractivity contribution in [3.05, 3.63) is 56.5 Å². The van der Waals surface area contributed by atoms with E-state index < -0.39 is 17.4 Å². The van der Waals surface area contributed by atoms with E-state index in [0.29, 0.717) is 23.1 Å². The number of unbranched alkanes of at least 4 members (excludes halogenated alkanes) is 1. The topological polar surface area (TPSA) is 123 Å². The molecule has 1 unspecified atom stereocenters. The number of aryl methyl sites for hydroxylation is 1. The lowest BCUT2D eigenvalue weighted by Crippen LogP contribution is -2.36. The van der Waals surface area contributed by atoms with Crippen molar-refractivity contribution in [2.45, 2.75) is 37.6 Å². The minimum Gasteiger partial charge on any atom is -0.750 e. The van der Waals surface area contributed by atoms with Gasteiger partial charge in [0.2, 0.25) is 5.52 Å². The molecule has 3 N–H and O–H groups in total. The predicted molar refractivity (Wildman–Crippen MR) is 153 cm³/mol. The van der Waals surface area contributed by atoms with Gasteiger partial charge < -0.3 is 19.4 Å². The average Bonchev–Trinajstić information content (AvgIpc) is 3.37. The highest BCUT2D eigenvalue weighted by Crippen LogP contribution is 2.48. The van der Waals surface area contributed by atoms with Crippen LogP contribution in [0.5, 0.6) is 0 Å². The number of primary amides is 1. The number of anilines is 1. The molecule has 3 aromatic rings. The van der Waals surface area contributed by atoms with Gasteiger partial charge in [0.1, 0.15) is 4.70 Å². The maximum Gasteiger partial charge on any atom is 0.338 e. The fraction of sp³-hybridized carbons (Fsp3) is 0.333. The second-order valence-corrected chi connectivity index (χ2v) is 11.8. The third kappa shape index (κ3) is 8.30. The van der Waals surface area contributed by atoms with Gasteiger partial charge in [-0.05, 0) is 36.8 Å². The maximum atomic E-state index is 10.7. The molecule has 0 spiro atoms. The number of hydrogen-bond acceptors (Lipinski definition) is 8. The molecule has 0 aliphatic carbocycles. The second kappa shape index (κ2) is 14.5. The summed E-state index contributed by atoms with van der Waals surface area (Å²) < 4.78 is 29.4. The Morgan fingerprint density at radius 3 is 2.61 bits per heavy atom. The SMILES string of the molecule is CCCCN1C(=Cc2sc3ccc(Cl)cc3[n+]2CCCOS(=O)[O-])Sc2ccc(Cl)cc21.CN(O)C(N)=O. The molecule has 4 rings (SSSR count). The summed E-state index contributed by atoms with van der Waals surface area (Å²) in [6.45, 7) is 3.86. The Balaban J connectivity index is 0.000000599. The molecule has 0 saturated heterocycles. The normalized spacial score (nSPS) is 14.4. The van der Waals surface area contributed by atoms with Gasteiger partial charge in [0.05, 0.1) is 34.8 Å². The number of fused-ring (bicyclic) bond motifs is 2. The summed E-state index contributed by atoms with van der Waals surface area (Å²) in [5, 5.41) is 11.9. The molecule has 1 aliphatic rings. The van der Waals surface area contributed by atoms with E-state index >= 15 is 0 Å². The zero-order valence-corrected chi connectivity index (χ0v) is 24.7. The first-order valence-corrected chi connectivity index (χ1v) is 15.0. The predicted octanol–water partition coefficient (Wildman–Crippen LogP) is 5.79. The number of carbonyl (C=O) groups excluding carboxylic acids is 1. The number of aromatic nitrogens is 1. The van der Waals surface area contributed by atoms with Gasteiger partial charge in [0, 0.05) is 41.0 Å². The van der Waals surface area contributed by atoms with E-state index in [1.165, 1.54) is 4.90 Å². The number of urea groups is 1. The summed E-state index contributed by atoms with van der Waals surface area (Å²) in [6, 6.07) is 11.0. The van der Waals surface area contributed by atoms with Crippen LogP contribution in [0.3, 0.4) is 0 Å². The molecule has 1 aliphatic heterocycles. The molecule has 38 heavy (non-hydrogen) atoms. The van der Waals surface area contributed by atoms with Gasteiger partial charge in [-0.15, -0.1) is 0 Å². The van der Waals surface area contributed by atoms with Gasteiger partial charge in [-0.3, -0.25) is 5.21 Å². The number of nitrogens with zero attached hydrogens (tertiary/aromatic N) is 3. The lowest BCUT2D eigenvalue weighted by molar-refractivity contribution is -0.669. The molecule has 1 atom stereocenters. The van der Waals surface area contributed by atoms with Crippen molar-refractivity contribution < 1.29 is 27.5 Å². The van der Waals surface area contributed by atoms with Crippen LogP contribution in [0.25, 0.3) is 16.3 Å². The molecule has 9 nitrogen and oxygen atoms in total. The van der Waals surface area contributed by atoms with E-state index in [2.05, 4.69) is 34.3 Å². The first-order chi connectivity index (χ1) is 18.1. The number of nitrogens with two attached hydrogens (primary N) is 1. The molecule has 206 valence electrons. The van der Waals surface area contributed by atoms with E-state index in [1.807, 2.05) is 30.3 Å². The maximum absolute atomic E-state index is 10.7. The van der Waals surface area contributed by atoms with Crippen LogP contribution in [0.1, 0.15) is 31.2 Å². The summed E-state index contributed by atoms with van der Waals surface area (Å²) >= 11 is 13.5. The van der Waals surface area contributed by atoms with Crippen LogP contribution >= 0.6 is 46.3 Å². The highest BCUT2D eigenvalue weighted by atomic mass is 35.5. The average molecular weight is 620 g/mol. The van der Waals surface area contributed by atoms with E-state index in [1.54, 1.807) is 23.1 Å². The summed E-state index contributed by atoms with van der Waals surface area (Å²) in [5.41, 5.74) is 6.64. The fourth-order valence-corrected chi connectivity index (χ4v) is 6.47. The number of halogens is 2. The van der Waals surface area contributed by atoms with Crippen molar-refractivity contribution in [3.8, 4) is 0 Å². The largest absolute Gasteiger partial charge is 0.750 e. The molecule has 0 saturated carbocycles. The third-order valence-corrected chi connectivity index (χ3v) is 8.45. The van der Waals surface area contributed by atoms with Gasteiger partial charge in [-0.2, -0.15) is 4.57 Å². The number of thioether (sulfide) groups is 1. The lowest BCUT2D eigenvalue weighted by Gasteiger charge is -2.20. The standard InChI is InChI=1S/C22H22Cl2N2O3S3.C2H6N2O2/c1-2-3-9-25-17-12-15(23)5-7-19(17)30-21(25)14-22-26(10-4-11-29-32(27)28)18-13-16(24)6-8-20(18)31-22;1-4(6)2(3)5/h5-8,12-14H,2-4,9-11H2,1H3;6H,1H3,(H2,3,5). The number of rotatable bonds is 9. The molecule has 1 aromatic heterocycles. The molecule has 2 amide bonds. The summed E-state index contributed by atoms with van der Waals surface area (Å²) in [4.78, 5) is 13.1. The molecule has 14 heteroatoms. The first-order valence-electron chi connectivity index (χ1n) is 11.6.